The Kier molecular flexibility index (Phi) is 7.46. The van der Waals surface area contributed by atoms with Gasteiger partial charge in [-0.15, -0.1) is 11.3 Å². The lowest BCUT2D eigenvalue weighted by molar-refractivity contribution is 0.793. The van der Waals surface area contributed by atoms with E-state index in [9.17, 15) is 0 Å². The van der Waals surface area contributed by atoms with Gasteiger partial charge in [0, 0.05) is 37.1 Å². The first-order valence-electron chi connectivity index (χ1n) is 21.1. The Morgan fingerprint density at radius 2 is 0.885 bits per heavy atom. The van der Waals surface area contributed by atoms with Crippen LogP contribution in [0.25, 0.3) is 75.5 Å². The van der Waals surface area contributed by atoms with Crippen molar-refractivity contribution >= 4 is 59.3 Å². The zero-order valence-electron chi connectivity index (χ0n) is 33.2. The summed E-state index contributed by atoms with van der Waals surface area (Å²) in [6.45, 7) is 0. The van der Waals surface area contributed by atoms with Gasteiger partial charge >= 0.3 is 0 Å². The van der Waals surface area contributed by atoms with Crippen molar-refractivity contribution in [2.45, 2.75) is 5.41 Å². The van der Waals surface area contributed by atoms with Crippen LogP contribution in [0.15, 0.2) is 224 Å². The molecule has 0 atom stereocenters. The summed E-state index contributed by atoms with van der Waals surface area (Å²) < 4.78 is 2.64. The number of anilines is 3. The monoisotopic (exact) mass is 791 g/mol. The van der Waals surface area contributed by atoms with Crippen LogP contribution in [-0.2, 0) is 5.41 Å². The zero-order chi connectivity index (χ0) is 40.1. The second-order valence-electron chi connectivity index (χ2n) is 16.4. The molecule has 13 rings (SSSR count). The fourth-order valence-corrected chi connectivity index (χ4v) is 11.9. The summed E-state index contributed by atoms with van der Waals surface area (Å²) in [4.78, 5) is 2.50. The van der Waals surface area contributed by atoms with Crippen molar-refractivity contribution in [1.82, 2.24) is 0 Å². The molecule has 11 aromatic rings. The summed E-state index contributed by atoms with van der Waals surface area (Å²) in [6, 6.07) is 83.6. The van der Waals surface area contributed by atoms with E-state index in [0.29, 0.717) is 0 Å². The highest BCUT2D eigenvalue weighted by Gasteiger charge is 2.51. The van der Waals surface area contributed by atoms with Crippen LogP contribution in [0.3, 0.4) is 0 Å². The van der Waals surface area contributed by atoms with Crippen molar-refractivity contribution in [2.24, 2.45) is 0 Å². The normalized spacial score (nSPS) is 13.0. The van der Waals surface area contributed by atoms with Crippen LogP contribution < -0.4 is 4.90 Å². The van der Waals surface area contributed by atoms with Gasteiger partial charge in [0.2, 0.25) is 0 Å². The van der Waals surface area contributed by atoms with E-state index in [4.69, 9.17) is 0 Å². The third-order valence-corrected chi connectivity index (χ3v) is 14.4. The van der Waals surface area contributed by atoms with Crippen molar-refractivity contribution in [3.8, 4) is 44.5 Å². The smallest absolute Gasteiger partial charge is 0.0726 e. The maximum atomic E-state index is 2.50. The molecule has 0 saturated heterocycles. The fraction of sp³-hybridized carbons (Fsp3) is 0.0169. The first-order chi connectivity index (χ1) is 30.3. The zero-order valence-corrected chi connectivity index (χ0v) is 34.0. The van der Waals surface area contributed by atoms with E-state index in [1.54, 1.807) is 0 Å². The second-order valence-corrected chi connectivity index (χ2v) is 17.4. The number of hydrogen-bond acceptors (Lipinski definition) is 2. The van der Waals surface area contributed by atoms with Crippen LogP contribution in [0.5, 0.6) is 0 Å². The highest BCUT2D eigenvalue weighted by Crippen LogP contribution is 2.63. The van der Waals surface area contributed by atoms with Gasteiger partial charge in [-0.2, -0.15) is 0 Å². The minimum atomic E-state index is -0.443. The average Bonchev–Trinajstić information content (AvgIpc) is 3.96. The van der Waals surface area contributed by atoms with E-state index < -0.39 is 5.41 Å². The predicted octanol–water partition coefficient (Wildman–Crippen LogP) is 16.4. The quantitative estimate of drug-likeness (QED) is 0.168. The maximum Gasteiger partial charge on any atom is 0.0726 e. The predicted molar refractivity (Wildman–Crippen MR) is 259 cm³/mol. The summed E-state index contributed by atoms with van der Waals surface area (Å²) in [5, 5.41) is 5.10. The molecule has 0 unspecified atom stereocenters. The standard InChI is InChI=1S/C59H37NS/c1-2-15-40(16-3-1)58-44-17-5-4-14-39(44)29-35-55(58)60(42-30-26-38(27-31-42)41-28-33-50-49-21-9-13-25-56(49)61-57(50)36-41)43-32-34-48-47-20-8-12-24-53(47)59(54(48)37-43)51-22-10-6-18-45(51)46-19-7-11-23-52(46)59/h1-37H. The Bertz CT molecular complexity index is 3480. The van der Waals surface area contributed by atoms with Gasteiger partial charge in [-0.1, -0.05) is 182 Å². The fourth-order valence-electron chi connectivity index (χ4n) is 10.7. The molecule has 0 saturated carbocycles. The van der Waals surface area contributed by atoms with Gasteiger partial charge in [0.05, 0.1) is 11.1 Å². The average molecular weight is 792 g/mol. The molecule has 1 nitrogen and oxygen atoms in total. The summed E-state index contributed by atoms with van der Waals surface area (Å²) in [5.41, 5.74) is 18.4. The van der Waals surface area contributed by atoms with E-state index in [-0.39, 0.29) is 0 Å². The van der Waals surface area contributed by atoms with Gasteiger partial charge in [0.1, 0.15) is 0 Å². The van der Waals surface area contributed by atoms with E-state index in [0.717, 1.165) is 17.1 Å². The van der Waals surface area contributed by atoms with Crippen molar-refractivity contribution in [1.29, 1.82) is 0 Å². The Morgan fingerprint density at radius 1 is 0.328 bits per heavy atom. The molecule has 2 aliphatic carbocycles. The first kappa shape index (κ1) is 34.4. The lowest BCUT2D eigenvalue weighted by Gasteiger charge is -2.33. The summed E-state index contributed by atoms with van der Waals surface area (Å²) in [6.07, 6.45) is 0. The third-order valence-electron chi connectivity index (χ3n) is 13.3. The summed E-state index contributed by atoms with van der Waals surface area (Å²) in [5.74, 6) is 0. The second kappa shape index (κ2) is 13.2. The number of nitrogens with zero attached hydrogens (tertiary/aromatic N) is 1. The Morgan fingerprint density at radius 3 is 1.61 bits per heavy atom. The van der Waals surface area contributed by atoms with Gasteiger partial charge in [-0.05, 0) is 114 Å². The molecule has 1 aromatic heterocycles. The molecule has 0 amide bonds. The van der Waals surface area contributed by atoms with Crippen LogP contribution in [0, 0.1) is 0 Å². The van der Waals surface area contributed by atoms with E-state index >= 15 is 0 Å². The number of benzene rings is 10. The molecule has 0 radical (unpaired) electrons. The number of hydrogen-bond donors (Lipinski definition) is 0. The lowest BCUT2D eigenvalue weighted by atomic mass is 9.70. The SMILES string of the molecule is c1ccc(-c2c(N(c3ccc(-c4ccc5c(c4)sc4ccccc45)cc3)c3ccc4c(c3)C3(c5ccccc5-c5ccccc53)c3ccccc3-4)ccc3ccccc23)cc1. The summed E-state index contributed by atoms with van der Waals surface area (Å²) >= 11 is 1.87. The van der Waals surface area contributed by atoms with Crippen molar-refractivity contribution in [3.63, 3.8) is 0 Å². The van der Waals surface area contributed by atoms with Gasteiger partial charge in [0.15, 0.2) is 0 Å². The van der Waals surface area contributed by atoms with Gasteiger partial charge < -0.3 is 4.90 Å². The van der Waals surface area contributed by atoms with Crippen molar-refractivity contribution in [2.75, 3.05) is 4.90 Å². The van der Waals surface area contributed by atoms with Crippen LogP contribution >= 0.6 is 11.3 Å². The third kappa shape index (κ3) is 4.94. The molecule has 61 heavy (non-hydrogen) atoms. The molecule has 284 valence electrons. The Balaban J connectivity index is 1.05. The van der Waals surface area contributed by atoms with E-state index in [2.05, 4.69) is 229 Å². The maximum absolute atomic E-state index is 2.50. The molecule has 0 aliphatic heterocycles. The topological polar surface area (TPSA) is 3.24 Å². The van der Waals surface area contributed by atoms with E-state index in [1.165, 1.54) is 97.7 Å². The molecule has 0 bridgehead atoms. The number of fused-ring (bicyclic) bond motifs is 14. The number of thiophene rings is 1. The van der Waals surface area contributed by atoms with Crippen LogP contribution in [-0.4, -0.2) is 0 Å². The van der Waals surface area contributed by atoms with Gasteiger partial charge in [0.25, 0.3) is 0 Å². The van der Waals surface area contributed by atoms with Crippen molar-refractivity contribution < 1.29 is 0 Å². The largest absolute Gasteiger partial charge is 0.310 e. The van der Waals surface area contributed by atoms with Gasteiger partial charge in [-0.3, -0.25) is 0 Å². The summed E-state index contributed by atoms with van der Waals surface area (Å²) in [7, 11) is 0. The number of rotatable bonds is 5. The van der Waals surface area contributed by atoms with Crippen molar-refractivity contribution in [3.05, 3.63) is 247 Å². The highest BCUT2D eigenvalue weighted by molar-refractivity contribution is 7.25. The molecular weight excluding hydrogens is 755 g/mol. The molecular formula is C59H37NS. The molecule has 2 heteroatoms. The molecule has 0 fully saturated rings. The van der Waals surface area contributed by atoms with Crippen LogP contribution in [0.1, 0.15) is 22.3 Å². The minimum Gasteiger partial charge on any atom is -0.310 e. The Hall–Kier alpha value is -7.52. The lowest BCUT2D eigenvalue weighted by Crippen LogP contribution is -2.26. The molecule has 10 aromatic carbocycles. The Labute approximate surface area is 359 Å². The van der Waals surface area contributed by atoms with E-state index in [1.807, 2.05) is 11.3 Å². The molecule has 0 N–H and O–H groups in total. The molecule has 1 heterocycles. The highest BCUT2D eigenvalue weighted by atomic mass is 32.1. The first-order valence-corrected chi connectivity index (χ1v) is 21.9. The van der Waals surface area contributed by atoms with Gasteiger partial charge in [-0.25, -0.2) is 0 Å². The molecule has 1 spiro atoms. The minimum absolute atomic E-state index is 0.443. The molecule has 2 aliphatic rings. The van der Waals surface area contributed by atoms with Crippen LogP contribution in [0.2, 0.25) is 0 Å². The van der Waals surface area contributed by atoms with Crippen LogP contribution in [0.4, 0.5) is 17.1 Å².